The molecule has 75 heavy (non-hydrogen) atoms. The Morgan fingerprint density at radius 2 is 1.09 bits per heavy atom. The van der Waals surface area contributed by atoms with E-state index in [-0.39, 0.29) is 74.7 Å². The summed E-state index contributed by atoms with van der Waals surface area (Å²) in [4.78, 5) is 45.5. The molecule has 410 valence electrons. The van der Waals surface area contributed by atoms with E-state index in [1.807, 2.05) is 25.1 Å². The average molecular weight is 1040 g/mol. The van der Waals surface area contributed by atoms with Crippen LogP contribution in [-0.2, 0) is 78.3 Å². The van der Waals surface area contributed by atoms with E-state index >= 15 is 0 Å². The predicted octanol–water partition coefficient (Wildman–Crippen LogP) is 7.56. The molecule has 7 rings (SSSR count). The highest BCUT2D eigenvalue weighted by Gasteiger charge is 2.44. The number of aromatic nitrogens is 4. The second-order valence-corrected chi connectivity index (χ2v) is 19.1. The van der Waals surface area contributed by atoms with Gasteiger partial charge in [-0.15, -0.1) is 0 Å². The van der Waals surface area contributed by atoms with E-state index in [0.29, 0.717) is 116 Å². The van der Waals surface area contributed by atoms with Crippen molar-refractivity contribution < 1.29 is 66.8 Å². The van der Waals surface area contributed by atoms with Crippen molar-refractivity contribution in [2.75, 3.05) is 120 Å². The molecule has 3 aromatic heterocycles. The van der Waals surface area contributed by atoms with Crippen LogP contribution in [0.1, 0.15) is 113 Å². The molecule has 18 heteroatoms. The Hall–Kier alpha value is -5.28. The second kappa shape index (κ2) is 29.3. The molecule has 18 nitrogen and oxygen atoms in total. The van der Waals surface area contributed by atoms with E-state index in [2.05, 4.69) is 49.8 Å². The Morgan fingerprint density at radius 1 is 0.613 bits per heavy atom. The number of aliphatic hydroxyl groups excluding tert-OH is 1. The number of aromatic amines is 2. The number of carbonyl (C=O) groups excluding carboxylic acids is 2. The number of H-pyrrole nitrogens is 2. The largest absolute Gasteiger partial charge is 0.491 e. The zero-order valence-corrected chi connectivity index (χ0v) is 45.0. The van der Waals surface area contributed by atoms with Crippen molar-refractivity contribution in [3.63, 3.8) is 0 Å². The summed E-state index contributed by atoms with van der Waals surface area (Å²) in [6, 6.07) is 11.6. The predicted molar refractivity (Wildman–Crippen MR) is 282 cm³/mol. The molecule has 4 atom stereocenters. The van der Waals surface area contributed by atoms with Crippen LogP contribution in [-0.4, -0.2) is 157 Å². The van der Waals surface area contributed by atoms with Crippen molar-refractivity contribution in [3.05, 3.63) is 92.6 Å². The maximum Gasteiger partial charge on any atom is 0.306 e. The summed E-state index contributed by atoms with van der Waals surface area (Å²) in [7, 11) is 3.27. The highest BCUT2D eigenvalue weighted by Crippen LogP contribution is 2.48. The first kappa shape index (κ1) is 57.4. The summed E-state index contributed by atoms with van der Waals surface area (Å²) < 4.78 is 61.5. The Balaban J connectivity index is 1.03. The molecule has 0 fully saturated rings. The van der Waals surface area contributed by atoms with Crippen LogP contribution in [0, 0.1) is 13.8 Å². The van der Waals surface area contributed by atoms with Gasteiger partial charge in [0.2, 0.25) is 0 Å². The number of aryl methyl sites for hydroxylation is 3. The average Bonchev–Trinajstić information content (AvgIpc) is 4.17. The molecule has 0 radical (unpaired) electrons. The van der Waals surface area contributed by atoms with Gasteiger partial charge in [0, 0.05) is 101 Å². The van der Waals surface area contributed by atoms with E-state index in [1.54, 1.807) is 20.3 Å². The number of hydrogen-bond donors (Lipinski definition) is 3. The van der Waals surface area contributed by atoms with Crippen molar-refractivity contribution in [2.24, 2.45) is 0 Å². The Labute approximate surface area is 440 Å². The number of Topliss-reactive ketones (excluding diaryl/α,β-unsaturated/α-hetero) is 1. The monoisotopic (exact) mass is 1040 g/mol. The third-order valence-corrected chi connectivity index (χ3v) is 14.1. The number of ether oxygens (including phenoxy) is 11. The molecule has 4 aromatic rings. The van der Waals surface area contributed by atoms with Crippen molar-refractivity contribution in [2.45, 2.75) is 97.2 Å². The normalized spacial score (nSPS) is 17.0. The van der Waals surface area contributed by atoms with Crippen LogP contribution in [0.25, 0.3) is 22.1 Å². The lowest BCUT2D eigenvalue weighted by Crippen LogP contribution is -2.14. The second-order valence-electron chi connectivity index (χ2n) is 19.1. The number of nitrogens with one attached hydrogen (secondary N) is 2. The number of fused-ring (bicyclic) bond motifs is 8. The molecule has 8 bridgehead atoms. The van der Waals surface area contributed by atoms with Gasteiger partial charge in [-0.25, -0.2) is 0 Å². The number of aliphatic hydroxyl groups is 1. The third-order valence-electron chi connectivity index (χ3n) is 14.1. The standard InChI is InChI=1S/C57H78N4O14/c1-8-43-36(2)48-32-52-46(34-62)38(4)47(59-52)31-49-37(3)44(56(60-49)45-30-53(63)55-39(5)50(61-57(45)55)33-51(43)58-48)9-10-54(64)75-35-40-27-41(73-25-23-71-21-19-69-17-15-67-13-11-65-6)29-42(28-40)74-26-24-72-22-20-70-18-16-68-14-12-66-7/h27-29,31-33,37,39,44,55,58-59,62H,8-26,30,34-35H2,1-7H3/t37-,39?,44-,55?/m0/s1. The maximum absolute atomic E-state index is 14.0. The summed E-state index contributed by atoms with van der Waals surface area (Å²) >= 11 is 0. The minimum atomic E-state index is -0.372. The number of esters is 1. The number of methoxy groups -OCH3 is 2. The third kappa shape index (κ3) is 15.4. The van der Waals surface area contributed by atoms with E-state index in [1.165, 1.54) is 5.56 Å². The summed E-state index contributed by atoms with van der Waals surface area (Å²) in [6.07, 6.45) is 1.61. The van der Waals surface area contributed by atoms with E-state index in [0.717, 1.165) is 73.5 Å². The first-order valence-corrected chi connectivity index (χ1v) is 26.4. The molecule has 0 spiro atoms. The van der Waals surface area contributed by atoms with Crippen LogP contribution in [0.15, 0.2) is 36.4 Å². The molecule has 1 aromatic carbocycles. The fourth-order valence-electron chi connectivity index (χ4n) is 9.96. The molecule has 5 heterocycles. The van der Waals surface area contributed by atoms with Crippen molar-refractivity contribution >= 4 is 33.8 Å². The highest BCUT2D eigenvalue weighted by molar-refractivity contribution is 5.94. The van der Waals surface area contributed by atoms with E-state index in [4.69, 9.17) is 62.1 Å². The van der Waals surface area contributed by atoms with E-state index in [9.17, 15) is 14.7 Å². The minimum Gasteiger partial charge on any atom is -0.491 e. The Kier molecular flexibility index (Phi) is 22.4. The first-order chi connectivity index (χ1) is 36.5. The number of benzene rings is 1. The number of hydrogen-bond acceptors (Lipinski definition) is 16. The molecular formula is C57H78N4O14. The van der Waals surface area contributed by atoms with Gasteiger partial charge in [-0.2, -0.15) is 0 Å². The van der Waals surface area contributed by atoms with Gasteiger partial charge in [0.25, 0.3) is 0 Å². The van der Waals surface area contributed by atoms with Crippen LogP contribution in [0.2, 0.25) is 0 Å². The minimum absolute atomic E-state index is 0.0117. The number of carbonyl (C=O) groups is 2. The van der Waals surface area contributed by atoms with Gasteiger partial charge < -0.3 is 67.2 Å². The van der Waals surface area contributed by atoms with Gasteiger partial charge >= 0.3 is 5.97 Å². The van der Waals surface area contributed by atoms with Gasteiger partial charge in [0.05, 0.1) is 111 Å². The lowest BCUT2D eigenvalue weighted by molar-refractivity contribution is -0.145. The molecule has 0 saturated heterocycles. The zero-order chi connectivity index (χ0) is 53.1. The first-order valence-electron chi connectivity index (χ1n) is 26.4. The quantitative estimate of drug-likeness (QED) is 0.0310. The van der Waals surface area contributed by atoms with E-state index < -0.39 is 0 Å². The lowest BCUT2D eigenvalue weighted by atomic mass is 9.85. The number of ketones is 1. The summed E-state index contributed by atoms with van der Waals surface area (Å²) in [5, 5.41) is 10.6. The number of rotatable bonds is 33. The van der Waals surface area contributed by atoms with Gasteiger partial charge in [-0.3, -0.25) is 19.6 Å². The Bertz CT molecular complexity index is 2620. The van der Waals surface area contributed by atoms with Gasteiger partial charge in [0.1, 0.15) is 37.1 Å². The molecule has 3 N–H and O–H groups in total. The summed E-state index contributed by atoms with van der Waals surface area (Å²) in [6.45, 7) is 17.2. The van der Waals surface area contributed by atoms with Crippen molar-refractivity contribution in [3.8, 4) is 11.5 Å². The fraction of sp³-hybridized carbons (Fsp3) is 0.579. The molecule has 1 aliphatic carbocycles. The lowest BCUT2D eigenvalue weighted by Gasteiger charge is -2.17. The molecular weight excluding hydrogens is 965 g/mol. The molecule has 0 amide bonds. The van der Waals surface area contributed by atoms with Gasteiger partial charge in [-0.05, 0) is 79.3 Å². The van der Waals surface area contributed by atoms with Crippen molar-refractivity contribution in [1.82, 2.24) is 19.9 Å². The van der Waals surface area contributed by atoms with Crippen molar-refractivity contribution in [1.29, 1.82) is 0 Å². The van der Waals surface area contributed by atoms with Crippen LogP contribution in [0.3, 0.4) is 0 Å². The van der Waals surface area contributed by atoms with Crippen LogP contribution in [0.5, 0.6) is 11.5 Å². The molecule has 2 aliphatic heterocycles. The van der Waals surface area contributed by atoms with Crippen LogP contribution < -0.4 is 9.47 Å². The fourth-order valence-corrected chi connectivity index (χ4v) is 9.96. The summed E-state index contributed by atoms with van der Waals surface area (Å²) in [5.41, 5.74) is 12.4. The smallest absolute Gasteiger partial charge is 0.306 e. The van der Waals surface area contributed by atoms with Gasteiger partial charge in [-0.1, -0.05) is 20.8 Å². The van der Waals surface area contributed by atoms with Gasteiger partial charge in [0.15, 0.2) is 0 Å². The Morgan fingerprint density at radius 3 is 1.64 bits per heavy atom. The summed E-state index contributed by atoms with van der Waals surface area (Å²) in [5.74, 6) is 0.0579. The van der Waals surface area contributed by atoms with Crippen LogP contribution >= 0.6 is 0 Å². The number of nitrogens with zero attached hydrogens (tertiary/aromatic N) is 2. The highest BCUT2D eigenvalue weighted by atomic mass is 16.6. The maximum atomic E-state index is 14.0. The molecule has 0 saturated carbocycles. The van der Waals surface area contributed by atoms with Crippen LogP contribution in [0.4, 0.5) is 0 Å². The topological polar surface area (TPSA) is 213 Å². The zero-order valence-electron chi connectivity index (χ0n) is 45.0. The molecule has 3 aliphatic rings. The SMILES string of the molecule is CCc1c(C)c2cc3[nH]c(cc4nc(c5c6nc(cc1[nH]2)C(C)C6C(=O)C5)[C@@H](CCC(=O)OCc1cc(OCCOCCOCCOCCOC)cc(OCCOCCOCCOCCOC)c1)[C@@H]4C)c(C)c3CO. The molecule has 2 unspecified atom stereocenters.